The van der Waals surface area contributed by atoms with Crippen molar-refractivity contribution in [3.05, 3.63) is 106 Å². The molecule has 5 nitrogen and oxygen atoms in total. The summed E-state index contributed by atoms with van der Waals surface area (Å²) < 4.78 is 0. The van der Waals surface area contributed by atoms with Gasteiger partial charge in [0.15, 0.2) is 0 Å². The number of thiocarbonyl (C=S) groups is 1. The number of nitro benzene ring substituents is 1. The zero-order valence-electron chi connectivity index (χ0n) is 17.1. The maximum Gasteiger partial charge on any atom is 0.292 e. The van der Waals surface area contributed by atoms with E-state index in [1.807, 2.05) is 81.4 Å². The third-order valence-electron chi connectivity index (χ3n) is 4.48. The van der Waals surface area contributed by atoms with E-state index < -0.39 is 10.5 Å². The fourth-order valence-electron chi connectivity index (χ4n) is 3.19. The van der Waals surface area contributed by atoms with Crippen molar-refractivity contribution in [2.75, 3.05) is 4.90 Å². The molecule has 0 radical (unpaired) electrons. The van der Waals surface area contributed by atoms with Gasteiger partial charge in [-0.2, -0.15) is 0 Å². The summed E-state index contributed by atoms with van der Waals surface area (Å²) in [7, 11) is 0. The summed E-state index contributed by atoms with van der Waals surface area (Å²) in [6, 6.07) is 26.2. The Morgan fingerprint density at radius 2 is 1.33 bits per heavy atom. The summed E-state index contributed by atoms with van der Waals surface area (Å²) in [5, 5.41) is 11.9. The van der Waals surface area contributed by atoms with Crippen LogP contribution in [0.3, 0.4) is 0 Å². The smallest absolute Gasteiger partial charge is 0.292 e. The van der Waals surface area contributed by atoms with Gasteiger partial charge in [0.05, 0.1) is 10.6 Å². The highest BCUT2D eigenvalue weighted by Crippen LogP contribution is 2.33. The van der Waals surface area contributed by atoms with E-state index in [0.717, 1.165) is 11.1 Å². The van der Waals surface area contributed by atoms with Gasteiger partial charge in [-0.1, -0.05) is 72.8 Å². The first-order chi connectivity index (χ1) is 14.3. The summed E-state index contributed by atoms with van der Waals surface area (Å²) in [5.74, 6) is 0. The average Bonchev–Trinajstić information content (AvgIpc) is 2.72. The SMILES string of the molecule is CC(C)(C)N(C(=S)N=C(c1ccccc1)c1ccccc1)c1ccccc1[N+](=O)[O-]. The van der Waals surface area contributed by atoms with Crippen LogP contribution < -0.4 is 4.90 Å². The number of hydrogen-bond donors (Lipinski definition) is 0. The summed E-state index contributed by atoms with van der Waals surface area (Å²) in [5.41, 5.74) is 2.44. The molecule has 30 heavy (non-hydrogen) atoms. The lowest BCUT2D eigenvalue weighted by Crippen LogP contribution is -2.45. The molecule has 3 rings (SSSR count). The number of benzene rings is 3. The van der Waals surface area contributed by atoms with E-state index in [1.165, 1.54) is 6.07 Å². The van der Waals surface area contributed by atoms with Crippen molar-refractivity contribution in [1.29, 1.82) is 0 Å². The zero-order chi connectivity index (χ0) is 21.7. The zero-order valence-corrected chi connectivity index (χ0v) is 18.0. The fraction of sp³-hybridized carbons (Fsp3) is 0.167. The number of para-hydroxylation sites is 2. The van der Waals surface area contributed by atoms with E-state index in [9.17, 15) is 10.1 Å². The molecule has 3 aromatic carbocycles. The van der Waals surface area contributed by atoms with E-state index in [-0.39, 0.29) is 10.8 Å². The number of anilines is 1. The minimum absolute atomic E-state index is 0.00838. The average molecular weight is 418 g/mol. The highest BCUT2D eigenvalue weighted by Gasteiger charge is 2.31. The first-order valence-corrected chi connectivity index (χ1v) is 9.97. The molecule has 0 heterocycles. The third kappa shape index (κ3) is 4.78. The van der Waals surface area contributed by atoms with E-state index in [1.54, 1.807) is 23.1 Å². The minimum atomic E-state index is -0.523. The van der Waals surface area contributed by atoms with Crippen LogP contribution in [0.1, 0.15) is 31.9 Å². The van der Waals surface area contributed by atoms with Gasteiger partial charge >= 0.3 is 0 Å². The number of rotatable bonds is 4. The van der Waals surface area contributed by atoms with Gasteiger partial charge in [0.2, 0.25) is 5.11 Å². The van der Waals surface area contributed by atoms with Crippen molar-refractivity contribution in [1.82, 2.24) is 0 Å². The summed E-state index contributed by atoms with van der Waals surface area (Å²) in [6.45, 7) is 5.86. The van der Waals surface area contributed by atoms with Crippen molar-refractivity contribution >= 4 is 34.4 Å². The van der Waals surface area contributed by atoms with Crippen molar-refractivity contribution in [3.8, 4) is 0 Å². The monoisotopic (exact) mass is 417 g/mol. The standard InChI is InChI=1S/C24H23N3O2S/c1-24(2,3)26(20-16-10-11-17-21(20)27(28)29)23(30)25-22(18-12-6-4-7-13-18)19-14-8-5-9-15-19/h4-17H,1-3H3. The third-order valence-corrected chi connectivity index (χ3v) is 4.76. The van der Waals surface area contributed by atoms with Gasteiger partial charge in [0, 0.05) is 22.7 Å². The topological polar surface area (TPSA) is 58.7 Å². The van der Waals surface area contributed by atoms with Crippen LogP contribution in [0.2, 0.25) is 0 Å². The van der Waals surface area contributed by atoms with E-state index in [4.69, 9.17) is 17.2 Å². The van der Waals surface area contributed by atoms with Gasteiger partial charge in [-0.3, -0.25) is 10.1 Å². The van der Waals surface area contributed by atoms with Crippen LogP contribution in [0.5, 0.6) is 0 Å². The molecule has 0 aliphatic heterocycles. The maximum atomic E-state index is 11.6. The molecule has 6 heteroatoms. The molecule has 0 spiro atoms. The first kappa shape index (κ1) is 21.3. The van der Waals surface area contributed by atoms with E-state index >= 15 is 0 Å². The number of nitro groups is 1. The summed E-state index contributed by atoms with van der Waals surface area (Å²) in [4.78, 5) is 17.8. The number of nitrogens with zero attached hydrogens (tertiary/aromatic N) is 3. The molecule has 0 amide bonds. The van der Waals surface area contributed by atoms with Crippen LogP contribution in [0.25, 0.3) is 0 Å². The fourth-order valence-corrected chi connectivity index (χ4v) is 3.66. The molecule has 3 aromatic rings. The Labute approximate surface area is 181 Å². The molecule has 0 bridgehead atoms. The molecule has 0 fully saturated rings. The Morgan fingerprint density at radius 1 is 0.867 bits per heavy atom. The van der Waals surface area contributed by atoms with Gasteiger partial charge in [-0.25, -0.2) is 4.99 Å². The predicted molar refractivity (Wildman–Crippen MR) is 126 cm³/mol. The Hall–Kier alpha value is -3.38. The Bertz CT molecular complexity index is 1030. The number of aliphatic imine (C=N–C) groups is 1. The van der Waals surface area contributed by atoms with Crippen molar-refractivity contribution in [2.24, 2.45) is 4.99 Å². The van der Waals surface area contributed by atoms with Crippen molar-refractivity contribution in [2.45, 2.75) is 26.3 Å². The van der Waals surface area contributed by atoms with Gasteiger partial charge in [-0.05, 0) is 39.1 Å². The summed E-state index contributed by atoms with van der Waals surface area (Å²) >= 11 is 5.74. The minimum Gasteiger partial charge on any atom is -0.306 e. The van der Waals surface area contributed by atoms with Crippen LogP contribution in [0.4, 0.5) is 11.4 Å². The highest BCUT2D eigenvalue weighted by atomic mass is 32.1. The van der Waals surface area contributed by atoms with Crippen LogP contribution in [0.15, 0.2) is 89.9 Å². The maximum absolute atomic E-state index is 11.6. The van der Waals surface area contributed by atoms with Crippen LogP contribution in [0, 0.1) is 10.1 Å². The molecule has 0 aliphatic carbocycles. The molecule has 0 aliphatic rings. The van der Waals surface area contributed by atoms with Gasteiger partial charge < -0.3 is 4.90 Å². The molecule has 0 saturated heterocycles. The second-order valence-electron chi connectivity index (χ2n) is 7.73. The Balaban J connectivity index is 2.16. The van der Waals surface area contributed by atoms with E-state index in [2.05, 4.69) is 0 Å². The van der Waals surface area contributed by atoms with E-state index in [0.29, 0.717) is 11.4 Å². The normalized spacial score (nSPS) is 10.9. The molecule has 0 atom stereocenters. The molecule has 0 unspecified atom stereocenters. The second-order valence-corrected chi connectivity index (χ2v) is 8.09. The number of hydrogen-bond acceptors (Lipinski definition) is 3. The van der Waals surface area contributed by atoms with Crippen molar-refractivity contribution in [3.63, 3.8) is 0 Å². The quantitative estimate of drug-likeness (QED) is 0.225. The predicted octanol–water partition coefficient (Wildman–Crippen LogP) is 6.02. The van der Waals surface area contributed by atoms with Gasteiger partial charge in [0.1, 0.15) is 5.69 Å². The van der Waals surface area contributed by atoms with Crippen LogP contribution in [-0.4, -0.2) is 21.3 Å². The highest BCUT2D eigenvalue weighted by molar-refractivity contribution is 7.80. The summed E-state index contributed by atoms with van der Waals surface area (Å²) in [6.07, 6.45) is 0. The van der Waals surface area contributed by atoms with Crippen LogP contribution >= 0.6 is 12.2 Å². The second kappa shape index (κ2) is 8.97. The Morgan fingerprint density at radius 3 is 1.80 bits per heavy atom. The first-order valence-electron chi connectivity index (χ1n) is 9.56. The molecule has 152 valence electrons. The Kier molecular flexibility index (Phi) is 6.37. The molecule has 0 aromatic heterocycles. The molecule has 0 saturated carbocycles. The lowest BCUT2D eigenvalue weighted by molar-refractivity contribution is -0.384. The van der Waals surface area contributed by atoms with Crippen molar-refractivity contribution < 1.29 is 4.92 Å². The molecular weight excluding hydrogens is 394 g/mol. The molecule has 0 N–H and O–H groups in total. The largest absolute Gasteiger partial charge is 0.306 e. The van der Waals surface area contributed by atoms with Crippen LogP contribution in [-0.2, 0) is 0 Å². The molecular formula is C24H23N3O2S. The lowest BCUT2D eigenvalue weighted by Gasteiger charge is -2.35. The lowest BCUT2D eigenvalue weighted by atomic mass is 10.0. The van der Waals surface area contributed by atoms with Gasteiger partial charge in [-0.15, -0.1) is 0 Å². The van der Waals surface area contributed by atoms with Gasteiger partial charge in [0.25, 0.3) is 5.69 Å².